The number of hydrogen-bond donors (Lipinski definition) is 0. The first-order chi connectivity index (χ1) is 16.2. The molecule has 0 bridgehead atoms. The van der Waals surface area contributed by atoms with Gasteiger partial charge in [0.15, 0.2) is 6.61 Å². The fourth-order valence-electron chi connectivity index (χ4n) is 3.19. The third-order valence-corrected chi connectivity index (χ3v) is 5.98. The molecule has 3 aromatic rings. The highest BCUT2D eigenvalue weighted by molar-refractivity contribution is 9.10. The van der Waals surface area contributed by atoms with Crippen molar-refractivity contribution in [1.82, 2.24) is 9.66 Å². The van der Waals surface area contributed by atoms with Crippen LogP contribution in [0.25, 0.3) is 10.9 Å². The highest BCUT2D eigenvalue weighted by atomic mass is 79.9. The topological polar surface area (TPSA) is 82.8 Å². The molecule has 0 aliphatic carbocycles. The number of unbranched alkanes of at least 4 members (excludes halogenated alkanes) is 1. The van der Waals surface area contributed by atoms with Gasteiger partial charge in [-0.3, -0.25) is 4.79 Å². The molecular weight excluding hydrogens is 590 g/mol. The summed E-state index contributed by atoms with van der Waals surface area (Å²) in [6.45, 7) is 5.31. The van der Waals surface area contributed by atoms with E-state index >= 15 is 0 Å². The van der Waals surface area contributed by atoms with E-state index < -0.39 is 5.97 Å². The minimum Gasteiger partial charge on any atom is -0.480 e. The number of hydrogen-bond acceptors (Lipinski definition) is 6. The van der Waals surface area contributed by atoms with Crippen LogP contribution in [0.5, 0.6) is 5.75 Å². The predicted octanol–water partition coefficient (Wildman–Crippen LogP) is 6.13. The lowest BCUT2D eigenvalue weighted by Crippen LogP contribution is -2.22. The van der Waals surface area contributed by atoms with E-state index in [1.54, 1.807) is 38.1 Å². The molecule has 180 valence electrons. The fourth-order valence-corrected chi connectivity index (χ4v) is 4.50. The number of rotatable bonds is 9. The normalized spacial score (nSPS) is 11.5. The van der Waals surface area contributed by atoms with E-state index in [4.69, 9.17) is 21.1 Å². The Bertz CT molecular complexity index is 1290. The van der Waals surface area contributed by atoms with Gasteiger partial charge in [0.05, 0.1) is 27.7 Å². The number of carbonyl (C=O) groups is 1. The standard InChI is InChI=1S/C24H24Br2ClN3O4/c1-4-5-6-21-29-20-8-7-16(25)10-18(20)24(32)30(21)28-12-15-9-17(27)11-19(26)23(15)33-13-22(31)34-14(2)3/h7-12,14H,4-6,13H2,1-3H3. The SMILES string of the molecule is CCCCc1nc2ccc(Br)cc2c(=O)n1N=Cc1cc(Cl)cc(Br)c1OCC(=O)OC(C)C. The van der Waals surface area contributed by atoms with Crippen LogP contribution >= 0.6 is 43.5 Å². The number of benzene rings is 2. The molecular formula is C24H24Br2ClN3O4. The third-order valence-electron chi connectivity index (χ3n) is 4.68. The largest absolute Gasteiger partial charge is 0.480 e. The Morgan fingerprint density at radius 1 is 1.26 bits per heavy atom. The number of carbonyl (C=O) groups excluding carboxylic acids is 1. The maximum absolute atomic E-state index is 13.3. The summed E-state index contributed by atoms with van der Waals surface area (Å²) in [6.07, 6.45) is 3.63. The van der Waals surface area contributed by atoms with Crippen LogP contribution in [0.3, 0.4) is 0 Å². The predicted molar refractivity (Wildman–Crippen MR) is 141 cm³/mol. The average Bonchev–Trinajstić information content (AvgIpc) is 2.76. The van der Waals surface area contributed by atoms with Crippen molar-refractivity contribution in [2.24, 2.45) is 5.10 Å². The molecule has 0 aliphatic rings. The molecule has 0 saturated carbocycles. The first kappa shape index (κ1) is 26.4. The third kappa shape index (κ3) is 6.67. The molecule has 2 aromatic carbocycles. The lowest BCUT2D eigenvalue weighted by molar-refractivity contribution is -0.149. The lowest BCUT2D eigenvalue weighted by atomic mass is 10.2. The molecule has 0 amide bonds. The number of halogens is 3. The molecule has 10 heteroatoms. The van der Waals surface area contributed by atoms with E-state index in [0.29, 0.717) is 44.0 Å². The quantitative estimate of drug-likeness (QED) is 0.214. The van der Waals surface area contributed by atoms with E-state index in [1.165, 1.54) is 10.9 Å². The van der Waals surface area contributed by atoms with Gasteiger partial charge >= 0.3 is 5.97 Å². The molecule has 7 nitrogen and oxygen atoms in total. The molecule has 0 unspecified atom stereocenters. The van der Waals surface area contributed by atoms with Gasteiger partial charge in [-0.25, -0.2) is 9.78 Å². The van der Waals surface area contributed by atoms with Crippen LogP contribution in [0.4, 0.5) is 0 Å². The molecule has 0 atom stereocenters. The minimum atomic E-state index is -0.498. The van der Waals surface area contributed by atoms with Gasteiger partial charge in [-0.1, -0.05) is 40.9 Å². The Morgan fingerprint density at radius 2 is 2.03 bits per heavy atom. The smallest absolute Gasteiger partial charge is 0.344 e. The van der Waals surface area contributed by atoms with Crippen LogP contribution in [-0.2, 0) is 16.0 Å². The molecule has 0 aliphatic heterocycles. The summed E-state index contributed by atoms with van der Waals surface area (Å²) in [4.78, 5) is 29.9. The number of aryl methyl sites for hydroxylation is 1. The number of ether oxygens (including phenoxy) is 2. The van der Waals surface area contributed by atoms with Crippen LogP contribution in [0, 0.1) is 0 Å². The monoisotopic (exact) mass is 611 g/mol. The van der Waals surface area contributed by atoms with Crippen LogP contribution in [0.1, 0.15) is 45.0 Å². The number of esters is 1. The minimum absolute atomic E-state index is 0.250. The van der Waals surface area contributed by atoms with Crippen molar-refractivity contribution in [3.63, 3.8) is 0 Å². The van der Waals surface area contributed by atoms with Crippen molar-refractivity contribution in [1.29, 1.82) is 0 Å². The van der Waals surface area contributed by atoms with Gasteiger partial charge in [0.1, 0.15) is 11.6 Å². The molecule has 0 saturated heterocycles. The fraction of sp³-hybridized carbons (Fsp3) is 0.333. The average molecular weight is 614 g/mol. The Hall–Kier alpha value is -2.23. The van der Waals surface area contributed by atoms with Gasteiger partial charge in [0, 0.05) is 21.5 Å². The van der Waals surface area contributed by atoms with Crippen molar-refractivity contribution < 1.29 is 14.3 Å². The van der Waals surface area contributed by atoms with Crippen molar-refractivity contribution in [2.75, 3.05) is 6.61 Å². The summed E-state index contributed by atoms with van der Waals surface area (Å²) in [5.41, 5.74) is 0.820. The Kier molecular flexibility index (Phi) is 9.27. The molecule has 34 heavy (non-hydrogen) atoms. The lowest BCUT2D eigenvalue weighted by Gasteiger charge is -2.13. The van der Waals surface area contributed by atoms with Crippen LogP contribution in [0.15, 0.2) is 49.2 Å². The molecule has 0 radical (unpaired) electrons. The Balaban J connectivity index is 2.04. The van der Waals surface area contributed by atoms with Crippen LogP contribution in [-0.4, -0.2) is 34.6 Å². The van der Waals surface area contributed by atoms with E-state index in [0.717, 1.165) is 17.3 Å². The summed E-state index contributed by atoms with van der Waals surface area (Å²) in [7, 11) is 0. The molecule has 1 heterocycles. The number of nitrogens with zero attached hydrogens (tertiary/aromatic N) is 3. The van der Waals surface area contributed by atoms with Gasteiger partial charge in [0.25, 0.3) is 5.56 Å². The molecule has 0 fully saturated rings. The molecule has 3 rings (SSSR count). The van der Waals surface area contributed by atoms with Crippen molar-refractivity contribution in [3.8, 4) is 5.75 Å². The van der Waals surface area contributed by atoms with Crippen LogP contribution in [0.2, 0.25) is 5.02 Å². The molecule has 0 N–H and O–H groups in total. The zero-order chi connectivity index (χ0) is 24.8. The second-order valence-corrected chi connectivity index (χ2v) is 9.99. The summed E-state index contributed by atoms with van der Waals surface area (Å²) in [5, 5.41) is 5.34. The van der Waals surface area contributed by atoms with Gasteiger partial charge in [0.2, 0.25) is 0 Å². The van der Waals surface area contributed by atoms with E-state index in [1.807, 2.05) is 6.07 Å². The highest BCUT2D eigenvalue weighted by Gasteiger charge is 2.15. The van der Waals surface area contributed by atoms with Crippen molar-refractivity contribution in [2.45, 2.75) is 46.1 Å². The number of aromatic nitrogens is 2. The summed E-state index contributed by atoms with van der Waals surface area (Å²) < 4.78 is 13.5. The summed E-state index contributed by atoms with van der Waals surface area (Å²) in [5.74, 6) is 0.414. The number of fused-ring (bicyclic) bond motifs is 1. The first-order valence-corrected chi connectivity index (χ1v) is 12.7. The maximum atomic E-state index is 13.3. The van der Waals surface area contributed by atoms with Crippen LogP contribution < -0.4 is 10.3 Å². The van der Waals surface area contributed by atoms with Gasteiger partial charge in [-0.05, 0) is 66.5 Å². The van der Waals surface area contributed by atoms with Crippen molar-refractivity contribution >= 4 is 66.5 Å². The summed E-state index contributed by atoms with van der Waals surface area (Å²) in [6, 6.07) is 8.67. The first-order valence-electron chi connectivity index (χ1n) is 10.8. The highest BCUT2D eigenvalue weighted by Crippen LogP contribution is 2.32. The molecule has 0 spiro atoms. The Morgan fingerprint density at radius 3 is 2.74 bits per heavy atom. The maximum Gasteiger partial charge on any atom is 0.344 e. The van der Waals surface area contributed by atoms with Gasteiger partial charge in [-0.15, -0.1) is 0 Å². The van der Waals surface area contributed by atoms with E-state index in [2.05, 4.69) is 48.9 Å². The Labute approximate surface area is 219 Å². The van der Waals surface area contributed by atoms with Gasteiger partial charge < -0.3 is 9.47 Å². The molecule has 1 aromatic heterocycles. The summed E-state index contributed by atoms with van der Waals surface area (Å²) >= 11 is 13.1. The van der Waals surface area contributed by atoms with Crippen molar-refractivity contribution in [3.05, 3.63) is 66.0 Å². The van der Waals surface area contributed by atoms with E-state index in [9.17, 15) is 9.59 Å². The van der Waals surface area contributed by atoms with E-state index in [-0.39, 0.29) is 18.3 Å². The second-order valence-electron chi connectivity index (χ2n) is 7.79. The second kappa shape index (κ2) is 12.0. The zero-order valence-electron chi connectivity index (χ0n) is 19.0. The zero-order valence-corrected chi connectivity index (χ0v) is 22.9. The van der Waals surface area contributed by atoms with Gasteiger partial charge in [-0.2, -0.15) is 9.78 Å².